The molecule has 2 N–H and O–H groups in total. The van der Waals surface area contributed by atoms with Crippen molar-refractivity contribution in [2.75, 3.05) is 11.9 Å². The van der Waals surface area contributed by atoms with Crippen LogP contribution in [0, 0.1) is 13.8 Å². The van der Waals surface area contributed by atoms with Gasteiger partial charge in [-0.05, 0) is 38.0 Å². The average molecular weight is 274 g/mol. The molecule has 0 saturated heterocycles. The van der Waals surface area contributed by atoms with Crippen LogP contribution >= 0.6 is 0 Å². The van der Waals surface area contributed by atoms with Crippen molar-refractivity contribution in [3.8, 4) is 0 Å². The number of hydrogen-bond donors (Lipinski definition) is 2. The average Bonchev–Trinajstić information content (AvgIpc) is 2.86. The Kier molecular flexibility index (Phi) is 4.34. The number of aryl methyl sites for hydroxylation is 3. The zero-order chi connectivity index (χ0) is 14.5. The molecule has 0 bridgehead atoms. The van der Waals surface area contributed by atoms with Crippen molar-refractivity contribution in [1.29, 1.82) is 0 Å². The van der Waals surface area contributed by atoms with E-state index < -0.39 is 5.97 Å². The normalized spacial score (nSPS) is 10.5. The molecule has 0 fully saturated rings. The van der Waals surface area contributed by atoms with Gasteiger partial charge in [-0.1, -0.05) is 0 Å². The van der Waals surface area contributed by atoms with Crippen molar-refractivity contribution in [3.63, 3.8) is 0 Å². The lowest BCUT2D eigenvalue weighted by atomic mass is 10.1. The number of aromatic carboxylic acids is 1. The lowest BCUT2D eigenvalue weighted by molar-refractivity contribution is 0.0697. The van der Waals surface area contributed by atoms with Gasteiger partial charge in [0.25, 0.3) is 0 Å². The highest BCUT2D eigenvalue weighted by molar-refractivity contribution is 5.94. The molecule has 0 amide bonds. The summed E-state index contributed by atoms with van der Waals surface area (Å²) in [5.74, 6) is -0.514. The first-order valence-corrected chi connectivity index (χ1v) is 6.51. The number of pyridine rings is 1. The molecule has 2 aromatic heterocycles. The third-order valence-electron chi connectivity index (χ3n) is 2.97. The Bertz CT molecular complexity index is 593. The first-order valence-electron chi connectivity index (χ1n) is 6.51. The minimum absolute atomic E-state index is 0.245. The molecule has 6 nitrogen and oxygen atoms in total. The van der Waals surface area contributed by atoms with Crippen LogP contribution in [0.1, 0.15) is 28.0 Å². The van der Waals surface area contributed by atoms with Gasteiger partial charge in [-0.3, -0.25) is 4.68 Å². The van der Waals surface area contributed by atoms with Crippen LogP contribution < -0.4 is 5.32 Å². The second-order valence-corrected chi connectivity index (χ2v) is 4.66. The lowest BCUT2D eigenvalue weighted by Gasteiger charge is -2.12. The molecule has 6 heteroatoms. The smallest absolute Gasteiger partial charge is 0.339 e. The van der Waals surface area contributed by atoms with Crippen LogP contribution in [0.3, 0.4) is 0 Å². The van der Waals surface area contributed by atoms with Gasteiger partial charge >= 0.3 is 5.97 Å². The molecule has 0 aliphatic carbocycles. The molecule has 106 valence electrons. The number of hydrogen-bond acceptors (Lipinski definition) is 4. The van der Waals surface area contributed by atoms with E-state index in [1.807, 2.05) is 23.9 Å². The summed E-state index contributed by atoms with van der Waals surface area (Å²) in [4.78, 5) is 15.6. The Hall–Kier alpha value is -2.37. The molecular weight excluding hydrogens is 256 g/mol. The largest absolute Gasteiger partial charge is 0.478 e. The Morgan fingerprint density at radius 3 is 2.90 bits per heavy atom. The van der Waals surface area contributed by atoms with Gasteiger partial charge in [0.1, 0.15) is 11.4 Å². The second kappa shape index (κ2) is 6.18. The van der Waals surface area contributed by atoms with Crippen LogP contribution in [0.25, 0.3) is 0 Å². The summed E-state index contributed by atoms with van der Waals surface area (Å²) in [5, 5.41) is 16.5. The maximum absolute atomic E-state index is 11.3. The van der Waals surface area contributed by atoms with Gasteiger partial charge in [0, 0.05) is 31.2 Å². The molecule has 0 saturated carbocycles. The Morgan fingerprint density at radius 1 is 1.45 bits per heavy atom. The van der Waals surface area contributed by atoms with E-state index in [0.29, 0.717) is 12.4 Å². The first kappa shape index (κ1) is 14.0. The third-order valence-corrected chi connectivity index (χ3v) is 2.97. The standard InChI is InChI=1S/C14H18N4O2/c1-10-9-11(2)17-13(12(10)14(19)20)15-5-3-7-18-8-4-6-16-18/h4,6,8-9H,3,5,7H2,1-2H3,(H,15,17)(H,19,20). The SMILES string of the molecule is Cc1cc(C)c(C(=O)O)c(NCCCn2cccn2)n1. The minimum Gasteiger partial charge on any atom is -0.478 e. The van der Waals surface area contributed by atoms with Crippen LogP contribution in [0.15, 0.2) is 24.5 Å². The summed E-state index contributed by atoms with van der Waals surface area (Å²) in [6.45, 7) is 5.07. The second-order valence-electron chi connectivity index (χ2n) is 4.66. The highest BCUT2D eigenvalue weighted by Gasteiger charge is 2.15. The molecule has 0 aromatic carbocycles. The third kappa shape index (κ3) is 3.34. The molecule has 20 heavy (non-hydrogen) atoms. The summed E-state index contributed by atoms with van der Waals surface area (Å²) in [5.41, 5.74) is 1.77. The van der Waals surface area contributed by atoms with E-state index in [2.05, 4.69) is 15.4 Å². The first-order chi connectivity index (χ1) is 9.58. The number of nitrogens with one attached hydrogen (secondary N) is 1. The predicted molar refractivity (Wildman–Crippen MR) is 76.0 cm³/mol. The number of rotatable bonds is 6. The van der Waals surface area contributed by atoms with E-state index in [4.69, 9.17) is 0 Å². The molecule has 0 aliphatic rings. The molecule has 0 unspecified atom stereocenters. The quantitative estimate of drug-likeness (QED) is 0.788. The fraction of sp³-hybridized carbons (Fsp3) is 0.357. The zero-order valence-electron chi connectivity index (χ0n) is 11.6. The van der Waals surface area contributed by atoms with Crippen LogP contribution in [-0.4, -0.2) is 32.4 Å². The van der Waals surface area contributed by atoms with Gasteiger partial charge < -0.3 is 10.4 Å². The summed E-state index contributed by atoms with van der Waals surface area (Å²) in [6, 6.07) is 3.65. The van der Waals surface area contributed by atoms with Gasteiger partial charge in [0.2, 0.25) is 0 Å². The van der Waals surface area contributed by atoms with Gasteiger partial charge in [0.05, 0.1) is 0 Å². The summed E-state index contributed by atoms with van der Waals surface area (Å²) in [7, 11) is 0. The molecule has 0 atom stereocenters. The van der Waals surface area contributed by atoms with Crippen molar-refractivity contribution >= 4 is 11.8 Å². The Morgan fingerprint density at radius 2 is 2.25 bits per heavy atom. The number of carbonyl (C=O) groups is 1. The van der Waals surface area contributed by atoms with Gasteiger partial charge in [-0.2, -0.15) is 5.10 Å². The van der Waals surface area contributed by atoms with Crippen molar-refractivity contribution < 1.29 is 9.90 Å². The van der Waals surface area contributed by atoms with Gasteiger partial charge in [-0.25, -0.2) is 9.78 Å². The number of nitrogens with zero attached hydrogens (tertiary/aromatic N) is 3. The number of anilines is 1. The molecule has 0 radical (unpaired) electrons. The summed E-state index contributed by atoms with van der Waals surface area (Å²) < 4.78 is 1.84. The highest BCUT2D eigenvalue weighted by Crippen LogP contribution is 2.18. The van der Waals surface area contributed by atoms with E-state index in [1.165, 1.54) is 0 Å². The van der Waals surface area contributed by atoms with Crippen molar-refractivity contribution in [3.05, 3.63) is 41.3 Å². The fourth-order valence-corrected chi connectivity index (χ4v) is 2.12. The topological polar surface area (TPSA) is 80.0 Å². The molecule has 2 heterocycles. The predicted octanol–water partition coefficient (Wildman–Crippen LogP) is 2.10. The molecule has 0 aliphatic heterocycles. The van der Waals surface area contributed by atoms with Crippen molar-refractivity contribution in [2.45, 2.75) is 26.8 Å². The Labute approximate surface area is 117 Å². The van der Waals surface area contributed by atoms with E-state index in [-0.39, 0.29) is 5.56 Å². The molecular formula is C14H18N4O2. The monoisotopic (exact) mass is 274 g/mol. The fourth-order valence-electron chi connectivity index (χ4n) is 2.12. The summed E-state index contributed by atoms with van der Waals surface area (Å²) in [6.07, 6.45) is 4.48. The van der Waals surface area contributed by atoms with E-state index in [0.717, 1.165) is 24.2 Å². The van der Waals surface area contributed by atoms with Crippen LogP contribution in [0.2, 0.25) is 0 Å². The van der Waals surface area contributed by atoms with E-state index >= 15 is 0 Å². The molecule has 2 aromatic rings. The number of aromatic nitrogens is 3. The van der Waals surface area contributed by atoms with Crippen molar-refractivity contribution in [1.82, 2.24) is 14.8 Å². The van der Waals surface area contributed by atoms with E-state index in [1.54, 1.807) is 19.2 Å². The Balaban J connectivity index is 1.99. The summed E-state index contributed by atoms with van der Waals surface area (Å²) >= 11 is 0. The van der Waals surface area contributed by atoms with Gasteiger partial charge in [-0.15, -0.1) is 0 Å². The van der Waals surface area contributed by atoms with Crippen LogP contribution in [-0.2, 0) is 6.54 Å². The maximum atomic E-state index is 11.3. The molecule has 0 spiro atoms. The lowest BCUT2D eigenvalue weighted by Crippen LogP contribution is -2.13. The highest BCUT2D eigenvalue weighted by atomic mass is 16.4. The van der Waals surface area contributed by atoms with E-state index in [9.17, 15) is 9.90 Å². The van der Waals surface area contributed by atoms with Gasteiger partial charge in [0.15, 0.2) is 0 Å². The number of carboxylic acid groups (broad SMARTS) is 1. The van der Waals surface area contributed by atoms with Crippen LogP contribution in [0.4, 0.5) is 5.82 Å². The maximum Gasteiger partial charge on any atom is 0.339 e. The zero-order valence-corrected chi connectivity index (χ0v) is 11.6. The van der Waals surface area contributed by atoms with Crippen molar-refractivity contribution in [2.24, 2.45) is 0 Å². The number of carboxylic acids is 1. The minimum atomic E-state index is -0.954. The molecule has 2 rings (SSSR count). The van der Waals surface area contributed by atoms with Crippen LogP contribution in [0.5, 0.6) is 0 Å².